The highest BCUT2D eigenvalue weighted by atomic mass is 16.7. The van der Waals surface area contributed by atoms with E-state index >= 15 is 0 Å². The van der Waals surface area contributed by atoms with Crippen molar-refractivity contribution in [1.82, 2.24) is 5.32 Å². The SMILES string of the molecule is CCCCC/C=C\C/C=C\C/C=C\CCCCCCCCCCCCCCC(=O)OC1C(OCC(NC(=O)C(O)CCCCCCCCCCCCCC)C(O)/C=C/CCCCCCCCCCCCC)OC(CO)C(O)C1O. The molecule has 0 radical (unpaired) electrons. The zero-order chi connectivity index (χ0) is 57.5. The molecule has 11 nitrogen and oxygen atoms in total. The molecule has 1 fully saturated rings. The van der Waals surface area contributed by atoms with E-state index in [1.807, 2.05) is 6.08 Å². The minimum Gasteiger partial charge on any atom is -0.454 e. The van der Waals surface area contributed by atoms with Gasteiger partial charge < -0.3 is 45.1 Å². The van der Waals surface area contributed by atoms with Crippen molar-refractivity contribution >= 4 is 11.9 Å². The number of rotatable bonds is 57. The molecule has 0 aromatic heterocycles. The number of carbonyl (C=O) groups is 2. The normalized spacial score (nSPS) is 19.1. The van der Waals surface area contributed by atoms with Gasteiger partial charge in [-0.15, -0.1) is 0 Å². The molecule has 11 heteroatoms. The van der Waals surface area contributed by atoms with E-state index in [0.29, 0.717) is 19.3 Å². The Hall–Kier alpha value is -2.38. The van der Waals surface area contributed by atoms with Crippen molar-refractivity contribution in [3.8, 4) is 0 Å². The number of amides is 1. The maximum absolute atomic E-state index is 13.4. The number of hydrogen-bond donors (Lipinski definition) is 6. The number of carbonyl (C=O) groups excluding carboxylic acids is 2. The van der Waals surface area contributed by atoms with Gasteiger partial charge in [0.15, 0.2) is 12.4 Å². The third kappa shape index (κ3) is 43.9. The van der Waals surface area contributed by atoms with Crippen LogP contribution in [0.4, 0.5) is 0 Å². The van der Waals surface area contributed by atoms with Gasteiger partial charge >= 0.3 is 5.97 Å². The molecule has 1 aliphatic heterocycles. The molecule has 0 aliphatic carbocycles. The van der Waals surface area contributed by atoms with Gasteiger partial charge in [0.2, 0.25) is 5.91 Å². The lowest BCUT2D eigenvalue weighted by molar-refractivity contribution is -0.305. The number of aliphatic hydroxyl groups is 5. The molecule has 0 spiro atoms. The van der Waals surface area contributed by atoms with Gasteiger partial charge in [0.05, 0.1) is 25.4 Å². The van der Waals surface area contributed by atoms with E-state index in [-0.39, 0.29) is 13.0 Å². The van der Waals surface area contributed by atoms with E-state index in [1.165, 1.54) is 193 Å². The Balaban J connectivity index is 2.58. The Kier molecular flexibility index (Phi) is 53.0. The molecule has 8 atom stereocenters. The van der Waals surface area contributed by atoms with E-state index in [4.69, 9.17) is 14.2 Å². The number of unbranched alkanes of at least 4 members (excludes halogenated alkanes) is 37. The Bertz CT molecular complexity index is 1470. The van der Waals surface area contributed by atoms with E-state index in [0.717, 1.165) is 70.6 Å². The second kappa shape index (κ2) is 56.1. The maximum atomic E-state index is 13.4. The first kappa shape index (κ1) is 74.6. The molecule has 1 aliphatic rings. The first-order valence-corrected chi connectivity index (χ1v) is 33.4. The minimum absolute atomic E-state index is 0.123. The molecule has 462 valence electrons. The number of nitrogens with one attached hydrogen (secondary N) is 1. The van der Waals surface area contributed by atoms with Gasteiger partial charge in [-0.05, 0) is 64.2 Å². The lowest BCUT2D eigenvalue weighted by atomic mass is 9.99. The zero-order valence-electron chi connectivity index (χ0n) is 51.2. The van der Waals surface area contributed by atoms with Crippen molar-refractivity contribution < 1.29 is 49.3 Å². The number of ether oxygens (including phenoxy) is 3. The molecule has 0 aromatic carbocycles. The van der Waals surface area contributed by atoms with Crippen molar-refractivity contribution in [3.05, 3.63) is 48.6 Å². The summed E-state index contributed by atoms with van der Waals surface area (Å²) in [6.45, 7) is 5.78. The molecule has 1 heterocycles. The molecule has 6 N–H and O–H groups in total. The summed E-state index contributed by atoms with van der Waals surface area (Å²) < 4.78 is 17.7. The highest BCUT2D eigenvalue weighted by Gasteiger charge is 2.47. The molecule has 0 saturated carbocycles. The zero-order valence-corrected chi connectivity index (χ0v) is 51.2. The van der Waals surface area contributed by atoms with Crippen LogP contribution in [0.2, 0.25) is 0 Å². The van der Waals surface area contributed by atoms with Crippen molar-refractivity contribution in [2.24, 2.45) is 0 Å². The summed E-state index contributed by atoms with van der Waals surface area (Å²) in [4.78, 5) is 26.6. The smallest absolute Gasteiger partial charge is 0.306 e. The average molecular weight is 1120 g/mol. The Morgan fingerprint density at radius 1 is 0.494 bits per heavy atom. The van der Waals surface area contributed by atoms with Crippen LogP contribution in [0, 0.1) is 0 Å². The standard InChI is InChI=1S/C68H125NO10/c1-4-7-10-13-16-19-22-25-26-27-28-29-30-31-32-33-34-35-36-38-41-44-47-50-53-56-63(73)79-66-65(75)64(74)62(57-70)78-68(66)77-58-59(60(71)54-51-48-45-42-40-37-23-20-17-14-11-8-5-2)69-67(76)61(72)55-52-49-46-43-39-24-21-18-15-12-9-6-3/h16,19,25-26,28-29,51,54,59-62,64-66,68,70-72,74-75H,4-15,17-18,20-24,27,30-50,52-53,55-58H2,1-3H3,(H,69,76)/b19-16-,26-25-,29-28-,54-51+. The van der Waals surface area contributed by atoms with Gasteiger partial charge in [-0.3, -0.25) is 9.59 Å². The van der Waals surface area contributed by atoms with Crippen LogP contribution in [-0.4, -0.2) is 99.6 Å². The van der Waals surface area contributed by atoms with E-state index in [1.54, 1.807) is 6.08 Å². The predicted octanol–water partition coefficient (Wildman–Crippen LogP) is 16.4. The highest BCUT2D eigenvalue weighted by Crippen LogP contribution is 2.26. The molecular weight excluding hydrogens is 991 g/mol. The van der Waals surface area contributed by atoms with Crippen LogP contribution in [0.1, 0.15) is 310 Å². The van der Waals surface area contributed by atoms with Crippen molar-refractivity contribution in [2.45, 2.75) is 359 Å². The molecule has 0 aromatic rings. The quantitative estimate of drug-likeness (QED) is 0.0195. The summed E-state index contributed by atoms with van der Waals surface area (Å²) in [6, 6.07) is -1.02. The molecule has 1 saturated heterocycles. The molecule has 1 rings (SSSR count). The first-order chi connectivity index (χ1) is 38.7. The lowest BCUT2D eigenvalue weighted by Crippen LogP contribution is -2.61. The Morgan fingerprint density at radius 3 is 1.33 bits per heavy atom. The Morgan fingerprint density at radius 2 is 0.873 bits per heavy atom. The van der Waals surface area contributed by atoms with Crippen molar-refractivity contribution in [1.29, 1.82) is 0 Å². The largest absolute Gasteiger partial charge is 0.454 e. The number of esters is 1. The van der Waals surface area contributed by atoms with Gasteiger partial charge in [0, 0.05) is 6.42 Å². The fourth-order valence-electron chi connectivity index (χ4n) is 10.4. The molecule has 79 heavy (non-hydrogen) atoms. The summed E-state index contributed by atoms with van der Waals surface area (Å²) in [5, 5.41) is 57.0. The minimum atomic E-state index is -1.61. The molecule has 0 bridgehead atoms. The Labute approximate surface area is 485 Å². The first-order valence-electron chi connectivity index (χ1n) is 33.4. The van der Waals surface area contributed by atoms with Crippen LogP contribution in [0.5, 0.6) is 0 Å². The second-order valence-corrected chi connectivity index (χ2v) is 23.2. The molecule has 1 amide bonds. The number of hydrogen-bond acceptors (Lipinski definition) is 10. The summed E-state index contributed by atoms with van der Waals surface area (Å²) in [6.07, 6.45) is 58.6. The van der Waals surface area contributed by atoms with Gasteiger partial charge in [0.25, 0.3) is 0 Å². The summed E-state index contributed by atoms with van der Waals surface area (Å²) in [7, 11) is 0. The van der Waals surface area contributed by atoms with Crippen LogP contribution in [-0.2, 0) is 23.8 Å². The van der Waals surface area contributed by atoms with E-state index in [2.05, 4.69) is 62.5 Å². The van der Waals surface area contributed by atoms with Crippen LogP contribution < -0.4 is 5.32 Å². The van der Waals surface area contributed by atoms with Gasteiger partial charge in [-0.1, -0.05) is 288 Å². The highest BCUT2D eigenvalue weighted by molar-refractivity contribution is 5.80. The van der Waals surface area contributed by atoms with Crippen molar-refractivity contribution in [3.63, 3.8) is 0 Å². The summed E-state index contributed by atoms with van der Waals surface area (Å²) in [5.74, 6) is -1.19. The third-order valence-electron chi connectivity index (χ3n) is 15.7. The van der Waals surface area contributed by atoms with Crippen LogP contribution in [0.15, 0.2) is 48.6 Å². The van der Waals surface area contributed by atoms with Gasteiger partial charge in [0.1, 0.15) is 24.4 Å². The van der Waals surface area contributed by atoms with Crippen LogP contribution in [0.3, 0.4) is 0 Å². The fourth-order valence-corrected chi connectivity index (χ4v) is 10.4. The van der Waals surface area contributed by atoms with Crippen LogP contribution >= 0.6 is 0 Å². The average Bonchev–Trinajstić information content (AvgIpc) is 3.48. The van der Waals surface area contributed by atoms with Crippen LogP contribution in [0.25, 0.3) is 0 Å². The third-order valence-corrected chi connectivity index (χ3v) is 15.7. The van der Waals surface area contributed by atoms with E-state index in [9.17, 15) is 35.1 Å². The second-order valence-electron chi connectivity index (χ2n) is 23.2. The van der Waals surface area contributed by atoms with Gasteiger partial charge in [-0.2, -0.15) is 0 Å². The van der Waals surface area contributed by atoms with E-state index < -0.39 is 67.4 Å². The fraction of sp³-hybridized carbons (Fsp3) is 0.853. The summed E-state index contributed by atoms with van der Waals surface area (Å²) >= 11 is 0. The number of allylic oxidation sites excluding steroid dienone is 7. The molecule has 8 unspecified atom stereocenters. The predicted molar refractivity (Wildman–Crippen MR) is 329 cm³/mol. The molecular formula is C68H125NO10. The van der Waals surface area contributed by atoms with Gasteiger partial charge in [-0.25, -0.2) is 0 Å². The maximum Gasteiger partial charge on any atom is 0.306 e. The topological polar surface area (TPSA) is 175 Å². The monoisotopic (exact) mass is 1120 g/mol. The number of aliphatic hydroxyl groups excluding tert-OH is 5. The summed E-state index contributed by atoms with van der Waals surface area (Å²) in [5.41, 5.74) is 0. The van der Waals surface area contributed by atoms with Crippen molar-refractivity contribution in [2.75, 3.05) is 13.2 Å². The lowest BCUT2D eigenvalue weighted by Gasteiger charge is -2.41.